The first kappa shape index (κ1) is 15.4. The summed E-state index contributed by atoms with van der Waals surface area (Å²) in [6, 6.07) is 14.5. The lowest BCUT2D eigenvalue weighted by Gasteiger charge is -2.33. The van der Waals surface area contributed by atoms with Gasteiger partial charge in [-0.05, 0) is 17.0 Å². The summed E-state index contributed by atoms with van der Waals surface area (Å²) >= 11 is 1.66. The maximum Gasteiger partial charge on any atom is 0.169 e. The third-order valence-electron chi connectivity index (χ3n) is 4.17. The molecule has 5 heteroatoms. The molecule has 3 aromatic rings. The van der Waals surface area contributed by atoms with Gasteiger partial charge in [0.25, 0.3) is 0 Å². The summed E-state index contributed by atoms with van der Waals surface area (Å²) in [5, 5.41) is 2.05. The normalized spacial score (nSPS) is 18.6. The van der Waals surface area contributed by atoms with Crippen LogP contribution in [-0.2, 0) is 11.3 Å². The monoisotopic (exact) mass is 337 g/mol. The Morgan fingerprint density at radius 1 is 1.08 bits per heavy atom. The Kier molecular flexibility index (Phi) is 4.64. The number of morpholine rings is 1. The summed E-state index contributed by atoms with van der Waals surface area (Å²) in [6.07, 6.45) is 4.02. The first-order valence-electron chi connectivity index (χ1n) is 8.12. The van der Waals surface area contributed by atoms with Crippen molar-refractivity contribution < 1.29 is 4.74 Å². The average Bonchev–Trinajstić information content (AvgIpc) is 3.18. The van der Waals surface area contributed by atoms with Crippen LogP contribution in [0.15, 0.2) is 60.2 Å². The van der Waals surface area contributed by atoms with Crippen LogP contribution in [0.1, 0.15) is 17.2 Å². The molecule has 0 N–H and O–H groups in total. The van der Waals surface area contributed by atoms with E-state index < -0.39 is 0 Å². The van der Waals surface area contributed by atoms with Crippen LogP contribution in [0.5, 0.6) is 0 Å². The average molecular weight is 337 g/mol. The van der Waals surface area contributed by atoms with Crippen molar-refractivity contribution in [3.63, 3.8) is 0 Å². The van der Waals surface area contributed by atoms with E-state index in [2.05, 4.69) is 39.1 Å². The lowest BCUT2D eigenvalue weighted by molar-refractivity contribution is -0.0329. The number of hydrogen-bond acceptors (Lipinski definition) is 5. The van der Waals surface area contributed by atoms with Crippen molar-refractivity contribution in [1.29, 1.82) is 0 Å². The Hall–Kier alpha value is -2.08. The summed E-state index contributed by atoms with van der Waals surface area (Å²) in [5.74, 6) is 0.804. The molecule has 3 heterocycles. The molecule has 1 aromatic carbocycles. The fourth-order valence-corrected chi connectivity index (χ4v) is 3.61. The summed E-state index contributed by atoms with van der Waals surface area (Å²) in [7, 11) is 0. The number of ether oxygens (including phenoxy) is 1. The maximum absolute atomic E-state index is 5.93. The van der Waals surface area contributed by atoms with E-state index in [9.17, 15) is 0 Å². The maximum atomic E-state index is 5.93. The fourth-order valence-electron chi connectivity index (χ4n) is 2.94. The highest BCUT2D eigenvalue weighted by atomic mass is 32.1. The number of rotatable bonds is 4. The molecule has 122 valence electrons. The van der Waals surface area contributed by atoms with Crippen molar-refractivity contribution in [1.82, 2.24) is 14.9 Å². The van der Waals surface area contributed by atoms with Gasteiger partial charge in [-0.25, -0.2) is 9.97 Å². The molecule has 0 aliphatic carbocycles. The summed E-state index contributed by atoms with van der Waals surface area (Å²) in [4.78, 5) is 12.5. The minimum atomic E-state index is 0.145. The largest absolute Gasteiger partial charge is 0.371 e. The van der Waals surface area contributed by atoms with E-state index in [4.69, 9.17) is 4.74 Å². The summed E-state index contributed by atoms with van der Waals surface area (Å²) in [5.41, 5.74) is 2.38. The van der Waals surface area contributed by atoms with Gasteiger partial charge >= 0.3 is 0 Å². The third kappa shape index (κ3) is 3.53. The van der Waals surface area contributed by atoms with Crippen molar-refractivity contribution in [2.75, 3.05) is 19.7 Å². The molecule has 1 aliphatic rings. The second kappa shape index (κ2) is 7.21. The van der Waals surface area contributed by atoms with Gasteiger partial charge in [-0.15, -0.1) is 11.3 Å². The van der Waals surface area contributed by atoms with Crippen molar-refractivity contribution in [3.8, 4) is 10.7 Å². The van der Waals surface area contributed by atoms with E-state index in [1.54, 1.807) is 11.3 Å². The molecule has 2 aromatic heterocycles. The zero-order chi connectivity index (χ0) is 16.2. The van der Waals surface area contributed by atoms with E-state index in [-0.39, 0.29) is 6.10 Å². The number of aromatic nitrogens is 2. The Labute approximate surface area is 145 Å². The van der Waals surface area contributed by atoms with E-state index in [0.717, 1.165) is 42.5 Å². The van der Waals surface area contributed by atoms with E-state index in [0.29, 0.717) is 0 Å². The molecule has 0 spiro atoms. The molecule has 4 nitrogen and oxygen atoms in total. The van der Waals surface area contributed by atoms with Crippen LogP contribution in [0.2, 0.25) is 0 Å². The zero-order valence-corrected chi connectivity index (χ0v) is 14.2. The SMILES string of the molecule is c1ccc(C2CN(Cc3cnc(-c4cccs4)nc3)CCO2)cc1. The van der Waals surface area contributed by atoms with Crippen LogP contribution in [0, 0.1) is 0 Å². The van der Waals surface area contributed by atoms with Crippen LogP contribution >= 0.6 is 11.3 Å². The molecule has 1 fully saturated rings. The minimum Gasteiger partial charge on any atom is -0.371 e. The van der Waals surface area contributed by atoms with Crippen LogP contribution in [0.4, 0.5) is 0 Å². The Morgan fingerprint density at radius 3 is 2.67 bits per heavy atom. The number of nitrogens with zero attached hydrogens (tertiary/aromatic N) is 3. The van der Waals surface area contributed by atoms with Crippen LogP contribution in [0.25, 0.3) is 10.7 Å². The summed E-state index contributed by atoms with van der Waals surface area (Å²) < 4.78 is 5.93. The van der Waals surface area contributed by atoms with Gasteiger partial charge in [-0.1, -0.05) is 36.4 Å². The van der Waals surface area contributed by atoms with Gasteiger partial charge in [0.05, 0.1) is 17.6 Å². The Morgan fingerprint density at radius 2 is 1.92 bits per heavy atom. The van der Waals surface area contributed by atoms with E-state index >= 15 is 0 Å². The number of thiophene rings is 1. The molecule has 1 saturated heterocycles. The molecule has 0 amide bonds. The topological polar surface area (TPSA) is 38.2 Å². The predicted octanol–water partition coefficient (Wildman–Crippen LogP) is 3.78. The first-order valence-corrected chi connectivity index (χ1v) is 9.00. The standard InChI is InChI=1S/C19H19N3OS/c1-2-5-16(6-3-1)17-14-22(8-9-23-17)13-15-11-20-19(21-12-15)18-7-4-10-24-18/h1-7,10-12,17H,8-9,13-14H2. The van der Waals surface area contributed by atoms with E-state index in [1.165, 1.54) is 5.56 Å². The first-order chi connectivity index (χ1) is 11.9. The lowest BCUT2D eigenvalue weighted by atomic mass is 10.1. The van der Waals surface area contributed by atoms with Crippen LogP contribution in [-0.4, -0.2) is 34.6 Å². The second-order valence-electron chi connectivity index (χ2n) is 5.90. The highest BCUT2D eigenvalue weighted by Gasteiger charge is 2.22. The second-order valence-corrected chi connectivity index (χ2v) is 6.85. The number of benzene rings is 1. The van der Waals surface area contributed by atoms with Crippen molar-refractivity contribution in [2.45, 2.75) is 12.6 Å². The lowest BCUT2D eigenvalue weighted by Crippen LogP contribution is -2.37. The molecule has 1 unspecified atom stereocenters. The summed E-state index contributed by atoms with van der Waals surface area (Å²) in [6.45, 7) is 3.46. The molecule has 1 atom stereocenters. The highest BCUT2D eigenvalue weighted by molar-refractivity contribution is 7.13. The third-order valence-corrected chi connectivity index (χ3v) is 5.04. The molecule has 1 aliphatic heterocycles. The van der Waals surface area contributed by atoms with Crippen LogP contribution in [0.3, 0.4) is 0 Å². The van der Waals surface area contributed by atoms with Gasteiger partial charge in [0.1, 0.15) is 0 Å². The fraction of sp³-hybridized carbons (Fsp3) is 0.263. The molecule has 4 rings (SSSR count). The molecule has 0 saturated carbocycles. The van der Waals surface area contributed by atoms with Gasteiger partial charge < -0.3 is 4.74 Å². The Bertz CT molecular complexity index is 759. The Balaban J connectivity index is 1.41. The zero-order valence-electron chi connectivity index (χ0n) is 13.3. The van der Waals surface area contributed by atoms with Gasteiger partial charge in [0, 0.05) is 37.6 Å². The van der Waals surface area contributed by atoms with Crippen molar-refractivity contribution >= 4 is 11.3 Å². The molecular weight excluding hydrogens is 318 g/mol. The van der Waals surface area contributed by atoms with Crippen LogP contribution < -0.4 is 0 Å². The molecular formula is C19H19N3OS. The highest BCUT2D eigenvalue weighted by Crippen LogP contribution is 2.24. The number of hydrogen-bond donors (Lipinski definition) is 0. The van der Waals surface area contributed by atoms with Crippen molar-refractivity contribution in [2.24, 2.45) is 0 Å². The minimum absolute atomic E-state index is 0.145. The smallest absolute Gasteiger partial charge is 0.169 e. The van der Waals surface area contributed by atoms with E-state index in [1.807, 2.05) is 36.0 Å². The van der Waals surface area contributed by atoms with Gasteiger partial charge in [-0.2, -0.15) is 0 Å². The predicted molar refractivity (Wildman–Crippen MR) is 95.8 cm³/mol. The van der Waals surface area contributed by atoms with Gasteiger partial charge in [-0.3, -0.25) is 4.90 Å². The van der Waals surface area contributed by atoms with Crippen molar-refractivity contribution in [3.05, 3.63) is 71.4 Å². The molecule has 0 radical (unpaired) electrons. The van der Waals surface area contributed by atoms with Gasteiger partial charge in [0.2, 0.25) is 0 Å². The van der Waals surface area contributed by atoms with Gasteiger partial charge in [0.15, 0.2) is 5.82 Å². The quantitative estimate of drug-likeness (QED) is 0.726. The molecule has 24 heavy (non-hydrogen) atoms. The molecule has 0 bridgehead atoms.